The largest absolute Gasteiger partial charge is 0.297 e. The fourth-order valence-electron chi connectivity index (χ4n) is 1.89. The van der Waals surface area contributed by atoms with Crippen LogP contribution in [0.2, 0.25) is 0 Å². The Bertz CT molecular complexity index is 856. The molecule has 21 heavy (non-hydrogen) atoms. The number of aromatic amines is 1. The maximum absolute atomic E-state index is 12.9. The minimum atomic E-state index is -2.76. The number of hydrogen-bond donors (Lipinski definition) is 2. The molecule has 108 valence electrons. The molecule has 6 nitrogen and oxygen atoms in total. The number of hydrogen-bond acceptors (Lipinski definition) is 5. The van der Waals surface area contributed by atoms with E-state index in [1.165, 1.54) is 4.68 Å². The first kappa shape index (κ1) is 13.6. The summed E-state index contributed by atoms with van der Waals surface area (Å²) in [4.78, 5) is 7.73. The van der Waals surface area contributed by atoms with E-state index in [4.69, 9.17) is 12.2 Å². The van der Waals surface area contributed by atoms with Crippen LogP contribution in [0.3, 0.4) is 0 Å². The molecule has 0 atom stereocenters. The maximum Gasteiger partial charge on any atom is 0.297 e. The molecule has 0 fully saturated rings. The maximum atomic E-state index is 12.9. The van der Waals surface area contributed by atoms with Gasteiger partial charge in [0.05, 0.1) is 5.52 Å². The zero-order valence-electron chi connectivity index (χ0n) is 10.8. The van der Waals surface area contributed by atoms with Gasteiger partial charge in [-0.1, -0.05) is 12.1 Å². The molecule has 0 aliphatic rings. The second kappa shape index (κ2) is 5.17. The molecule has 2 aromatic heterocycles. The highest BCUT2D eigenvalue weighted by atomic mass is 32.1. The second-order valence-corrected chi connectivity index (χ2v) is 4.66. The number of nitrogens with one attached hydrogen (secondary N) is 2. The third kappa shape index (κ3) is 2.47. The molecule has 0 aliphatic heterocycles. The van der Waals surface area contributed by atoms with E-state index in [1.54, 1.807) is 31.2 Å². The van der Waals surface area contributed by atoms with Crippen molar-refractivity contribution in [3.63, 3.8) is 0 Å². The molecule has 2 N–H and O–H groups in total. The van der Waals surface area contributed by atoms with E-state index in [1.807, 2.05) is 0 Å². The van der Waals surface area contributed by atoms with Crippen LogP contribution in [0.4, 0.5) is 14.6 Å². The quantitative estimate of drug-likeness (QED) is 0.728. The standard InChI is InChI=1S/C12H10F2N6S/c1-6-17-18-12(21)20(6)19-10-7-4-2-3-5-8(7)15-11(16-10)9(13)14/h2-5,9H,1H3,(H,18,21)(H,15,16,19). The van der Waals surface area contributed by atoms with E-state index in [0.717, 1.165) is 0 Å². The van der Waals surface area contributed by atoms with Gasteiger partial charge in [0.1, 0.15) is 5.82 Å². The van der Waals surface area contributed by atoms with Crippen molar-refractivity contribution in [3.8, 4) is 0 Å². The van der Waals surface area contributed by atoms with Crippen molar-refractivity contribution in [1.82, 2.24) is 24.8 Å². The van der Waals surface area contributed by atoms with Crippen molar-refractivity contribution in [3.05, 3.63) is 40.7 Å². The number of aromatic nitrogens is 5. The van der Waals surface area contributed by atoms with Gasteiger partial charge < -0.3 is 0 Å². The van der Waals surface area contributed by atoms with Gasteiger partial charge >= 0.3 is 0 Å². The van der Waals surface area contributed by atoms with Crippen LogP contribution in [0.15, 0.2) is 24.3 Å². The van der Waals surface area contributed by atoms with Gasteiger partial charge in [-0.05, 0) is 31.3 Å². The Morgan fingerprint density at radius 1 is 1.29 bits per heavy atom. The number of benzene rings is 1. The Labute approximate surface area is 122 Å². The predicted molar refractivity (Wildman–Crippen MR) is 75.7 cm³/mol. The lowest BCUT2D eigenvalue weighted by molar-refractivity contribution is 0.141. The van der Waals surface area contributed by atoms with Crippen molar-refractivity contribution >= 4 is 28.9 Å². The Morgan fingerprint density at radius 3 is 2.71 bits per heavy atom. The number of alkyl halides is 2. The molecule has 3 aromatic rings. The summed E-state index contributed by atoms with van der Waals surface area (Å²) in [5.74, 6) is 0.265. The van der Waals surface area contributed by atoms with Crippen LogP contribution in [0.25, 0.3) is 10.9 Å². The van der Waals surface area contributed by atoms with E-state index in [0.29, 0.717) is 21.5 Å². The topological polar surface area (TPSA) is 71.4 Å². The minimum absolute atomic E-state index is 0.247. The van der Waals surface area contributed by atoms with Crippen LogP contribution in [-0.4, -0.2) is 24.8 Å². The highest BCUT2D eigenvalue weighted by molar-refractivity contribution is 7.71. The van der Waals surface area contributed by atoms with Crippen molar-refractivity contribution < 1.29 is 8.78 Å². The number of anilines is 1. The highest BCUT2D eigenvalue weighted by Crippen LogP contribution is 2.24. The Morgan fingerprint density at radius 2 is 2.05 bits per heavy atom. The summed E-state index contributed by atoms with van der Waals surface area (Å²) in [6, 6.07) is 6.89. The molecule has 9 heteroatoms. The molecule has 0 amide bonds. The molecular weight excluding hydrogens is 298 g/mol. The first-order valence-corrected chi connectivity index (χ1v) is 6.43. The molecule has 1 aromatic carbocycles. The van der Waals surface area contributed by atoms with E-state index in [-0.39, 0.29) is 5.82 Å². The van der Waals surface area contributed by atoms with Crippen LogP contribution in [0, 0.1) is 11.7 Å². The molecule has 2 heterocycles. The molecule has 0 unspecified atom stereocenters. The van der Waals surface area contributed by atoms with E-state index in [9.17, 15) is 8.78 Å². The van der Waals surface area contributed by atoms with E-state index in [2.05, 4.69) is 25.6 Å². The second-order valence-electron chi connectivity index (χ2n) is 4.27. The zero-order valence-corrected chi connectivity index (χ0v) is 11.7. The normalized spacial score (nSPS) is 11.2. The van der Waals surface area contributed by atoms with Crippen molar-refractivity contribution in [2.45, 2.75) is 13.3 Å². The first-order valence-electron chi connectivity index (χ1n) is 6.02. The summed E-state index contributed by atoms with van der Waals surface area (Å²) < 4.78 is 27.6. The van der Waals surface area contributed by atoms with E-state index < -0.39 is 12.2 Å². The summed E-state index contributed by atoms with van der Waals surface area (Å²) in [6.07, 6.45) is -2.76. The molecule has 0 saturated carbocycles. The fourth-order valence-corrected chi connectivity index (χ4v) is 2.11. The molecule has 0 bridgehead atoms. The lowest BCUT2D eigenvalue weighted by Crippen LogP contribution is -2.14. The van der Waals surface area contributed by atoms with Gasteiger partial charge in [0, 0.05) is 5.39 Å². The van der Waals surface area contributed by atoms with E-state index >= 15 is 0 Å². The lowest BCUT2D eigenvalue weighted by atomic mass is 10.2. The van der Waals surface area contributed by atoms with Gasteiger partial charge in [-0.2, -0.15) is 5.10 Å². The first-order chi connectivity index (χ1) is 10.1. The summed E-state index contributed by atoms with van der Waals surface area (Å²) in [5.41, 5.74) is 3.32. The zero-order chi connectivity index (χ0) is 15.0. The third-order valence-corrected chi connectivity index (χ3v) is 3.15. The fraction of sp³-hybridized carbons (Fsp3) is 0.167. The Hall–Kier alpha value is -2.42. The van der Waals surface area contributed by atoms with Gasteiger partial charge in [-0.3, -0.25) is 10.5 Å². The minimum Gasteiger partial charge on any atom is -0.273 e. The Balaban J connectivity index is 2.18. The summed E-state index contributed by atoms with van der Waals surface area (Å²) in [6.45, 7) is 1.72. The van der Waals surface area contributed by atoms with Crippen LogP contribution in [0.1, 0.15) is 18.1 Å². The van der Waals surface area contributed by atoms with Crippen LogP contribution < -0.4 is 5.43 Å². The average molecular weight is 308 g/mol. The van der Waals surface area contributed by atoms with Gasteiger partial charge in [0.25, 0.3) is 6.43 Å². The van der Waals surface area contributed by atoms with Crippen LogP contribution in [-0.2, 0) is 0 Å². The molecule has 0 radical (unpaired) electrons. The van der Waals surface area contributed by atoms with Crippen LogP contribution >= 0.6 is 12.2 Å². The van der Waals surface area contributed by atoms with Crippen molar-refractivity contribution in [1.29, 1.82) is 0 Å². The number of aryl methyl sites for hydroxylation is 1. The summed E-state index contributed by atoms with van der Waals surface area (Å²) in [7, 11) is 0. The van der Waals surface area contributed by atoms with Gasteiger partial charge in [-0.15, -0.1) is 0 Å². The summed E-state index contributed by atoms with van der Waals surface area (Å²) in [5, 5.41) is 7.16. The predicted octanol–water partition coefficient (Wildman–Crippen LogP) is 3.01. The molecule has 3 rings (SSSR count). The van der Waals surface area contributed by atoms with Crippen LogP contribution in [0.5, 0.6) is 0 Å². The Kier molecular flexibility index (Phi) is 3.34. The number of para-hydroxylation sites is 1. The molecule has 0 spiro atoms. The third-order valence-electron chi connectivity index (χ3n) is 2.87. The lowest BCUT2D eigenvalue weighted by Gasteiger charge is -2.11. The molecule has 0 saturated heterocycles. The van der Waals surface area contributed by atoms with Crippen molar-refractivity contribution in [2.24, 2.45) is 0 Å². The number of rotatable bonds is 3. The smallest absolute Gasteiger partial charge is 0.273 e. The number of halogens is 2. The van der Waals surface area contributed by atoms with Crippen molar-refractivity contribution in [2.75, 3.05) is 5.43 Å². The monoisotopic (exact) mass is 308 g/mol. The average Bonchev–Trinajstić information content (AvgIpc) is 2.79. The highest BCUT2D eigenvalue weighted by Gasteiger charge is 2.15. The van der Waals surface area contributed by atoms with Gasteiger partial charge in [0.15, 0.2) is 11.6 Å². The van der Waals surface area contributed by atoms with Gasteiger partial charge in [-0.25, -0.2) is 23.4 Å². The summed E-state index contributed by atoms with van der Waals surface area (Å²) >= 11 is 5.07. The number of nitrogens with zero attached hydrogens (tertiary/aromatic N) is 4. The number of H-pyrrole nitrogens is 1. The molecule has 0 aliphatic carbocycles. The SMILES string of the molecule is Cc1n[nH]c(=S)n1Nc1nc(C(F)F)nc2ccccc12. The molecular formula is C12H10F2N6S. The number of fused-ring (bicyclic) bond motifs is 1. The van der Waals surface area contributed by atoms with Gasteiger partial charge in [0.2, 0.25) is 4.77 Å².